The second kappa shape index (κ2) is 44.2. The van der Waals surface area contributed by atoms with Crippen molar-refractivity contribution in [3.8, 4) is 16.9 Å². The summed E-state index contributed by atoms with van der Waals surface area (Å²) in [7, 11) is 6.91. The average Bonchev–Trinajstić information content (AvgIpc) is 1.63. The van der Waals surface area contributed by atoms with Crippen molar-refractivity contribution in [2.24, 2.45) is 29.4 Å². The third-order valence-corrected chi connectivity index (χ3v) is 21.4. The van der Waals surface area contributed by atoms with Gasteiger partial charge in [0.2, 0.25) is 47.8 Å². The molecule has 636 valence electrons. The van der Waals surface area contributed by atoms with Gasteiger partial charge in [-0.25, -0.2) is 14.4 Å². The van der Waals surface area contributed by atoms with Crippen molar-refractivity contribution in [1.82, 2.24) is 36.0 Å². The molecule has 7 rings (SSSR count). The Balaban J connectivity index is 1.07. The Morgan fingerprint density at radius 3 is 1.90 bits per heavy atom. The number of esters is 4. The van der Waals surface area contributed by atoms with Crippen LogP contribution in [0.1, 0.15) is 162 Å². The number of nitrogens with two attached hydrogens (primary N) is 1. The average molecular weight is 1620 g/mol. The van der Waals surface area contributed by atoms with Crippen LogP contribution >= 0.6 is 0 Å². The van der Waals surface area contributed by atoms with E-state index in [0.717, 1.165) is 55.0 Å². The number of unbranched alkanes of at least 4 members (excludes halogenated alkanes) is 1. The molecule has 4 aromatic rings. The lowest BCUT2D eigenvalue weighted by molar-refractivity contribution is -0.282. The van der Waals surface area contributed by atoms with E-state index in [1.807, 2.05) is 68.4 Å². The topological polar surface area (TPSA) is 413 Å². The number of methoxy groups -OCH3 is 3. The van der Waals surface area contributed by atoms with Crippen LogP contribution in [-0.2, 0) is 97.2 Å². The summed E-state index contributed by atoms with van der Waals surface area (Å²) in [5, 5.41) is 25.0. The quantitative estimate of drug-likeness (QED) is 0.0132. The summed E-state index contributed by atoms with van der Waals surface area (Å²) >= 11 is 0. The number of carbonyl (C=O) groups excluding carboxylic acids is 12. The van der Waals surface area contributed by atoms with E-state index in [1.165, 1.54) is 44.4 Å². The van der Waals surface area contributed by atoms with E-state index in [9.17, 15) is 57.8 Å². The summed E-state index contributed by atoms with van der Waals surface area (Å²) in [6.45, 7) is 17.1. The number of fused-ring (bicyclic) bond motifs is 3. The number of nitrogens with zero attached hydrogens (tertiary/aromatic N) is 3. The summed E-state index contributed by atoms with van der Waals surface area (Å²) in [5.74, 6) is -9.80. The van der Waals surface area contributed by atoms with Crippen molar-refractivity contribution in [3.63, 3.8) is 0 Å². The molecule has 2 heterocycles. The lowest BCUT2D eigenvalue weighted by Crippen LogP contribution is -2.64. The van der Waals surface area contributed by atoms with Crippen LogP contribution in [0.15, 0.2) is 97.1 Å². The van der Waals surface area contributed by atoms with Crippen LogP contribution in [0.5, 0.6) is 5.75 Å². The van der Waals surface area contributed by atoms with Crippen LogP contribution in [-0.4, -0.2) is 232 Å². The summed E-state index contributed by atoms with van der Waals surface area (Å²) < 4.78 is 57.6. The normalized spacial score (nSPS) is 19.6. The number of benzene rings is 4. The summed E-state index contributed by atoms with van der Waals surface area (Å²) in [6, 6.07) is 23.3. The molecule has 0 bridgehead atoms. The van der Waals surface area contributed by atoms with Gasteiger partial charge in [-0.1, -0.05) is 140 Å². The van der Waals surface area contributed by atoms with Gasteiger partial charge in [0.25, 0.3) is 0 Å². The molecule has 0 spiro atoms. The number of likely N-dealkylation sites (tertiary alicyclic amines) is 1. The van der Waals surface area contributed by atoms with Crippen molar-refractivity contribution < 1.29 is 110 Å². The van der Waals surface area contributed by atoms with Gasteiger partial charge in [-0.15, -0.1) is 0 Å². The largest absolute Gasteiger partial charge is 0.467 e. The molecule has 16 atom stereocenters. The van der Waals surface area contributed by atoms with E-state index in [2.05, 4.69) is 26.6 Å². The molecule has 0 aromatic heterocycles. The number of ether oxygens (including phenoxy) is 10. The zero-order valence-corrected chi connectivity index (χ0v) is 69.2. The third-order valence-electron chi connectivity index (χ3n) is 21.4. The minimum atomic E-state index is -1.91. The molecular formula is C84H117N9O23. The molecule has 32 nitrogen and oxygen atoms in total. The van der Waals surface area contributed by atoms with Crippen molar-refractivity contribution in [1.29, 1.82) is 0 Å². The summed E-state index contributed by atoms with van der Waals surface area (Å²) in [5.41, 5.74) is 10.5. The van der Waals surface area contributed by atoms with Gasteiger partial charge in [0, 0.05) is 74.5 Å². The molecule has 3 aliphatic rings. The highest BCUT2D eigenvalue weighted by Gasteiger charge is 2.56. The van der Waals surface area contributed by atoms with Crippen LogP contribution in [0.4, 0.5) is 15.3 Å². The number of aliphatic hydroxyl groups is 1. The fourth-order valence-corrected chi connectivity index (χ4v) is 15.3. The van der Waals surface area contributed by atoms with Gasteiger partial charge in [-0.05, 0) is 109 Å². The van der Waals surface area contributed by atoms with E-state index in [0.29, 0.717) is 50.8 Å². The molecular weight excluding hydrogens is 1500 g/mol. The molecule has 2 aliphatic heterocycles. The number of hydrogen-bond acceptors (Lipinski definition) is 24. The molecule has 2 fully saturated rings. The number of nitrogens with one attached hydrogen (secondary N) is 5. The Labute approximate surface area is 678 Å². The van der Waals surface area contributed by atoms with E-state index in [1.54, 1.807) is 77.8 Å². The molecule has 8 amide bonds. The molecule has 32 heteroatoms. The zero-order chi connectivity index (χ0) is 85.4. The van der Waals surface area contributed by atoms with Crippen LogP contribution in [0.3, 0.4) is 0 Å². The molecule has 8 N–H and O–H groups in total. The maximum absolute atomic E-state index is 15.1. The third kappa shape index (κ3) is 24.4. The lowest BCUT2D eigenvalue weighted by atomic mass is 9.89. The Morgan fingerprint density at radius 1 is 0.690 bits per heavy atom. The number of anilines is 1. The predicted octanol–water partition coefficient (Wildman–Crippen LogP) is 7.13. The number of hydrogen-bond donors (Lipinski definition) is 7. The first-order chi connectivity index (χ1) is 55.2. The molecule has 4 aromatic carbocycles. The van der Waals surface area contributed by atoms with Crippen molar-refractivity contribution >= 4 is 77.2 Å². The first-order valence-electron chi connectivity index (χ1n) is 39.5. The summed E-state index contributed by atoms with van der Waals surface area (Å²) in [4.78, 5) is 170. The monoisotopic (exact) mass is 1620 g/mol. The van der Waals surface area contributed by atoms with E-state index < -0.39 is 176 Å². The molecule has 2 saturated heterocycles. The number of rotatable bonds is 40. The van der Waals surface area contributed by atoms with Crippen LogP contribution < -0.4 is 37.1 Å². The highest BCUT2D eigenvalue weighted by molar-refractivity contribution is 5.94. The standard InChI is InChI=1S/C84H117N9O23/c1-17-48(6)70(65(107-14)43-67(98)93-41-27-35-63(93)72(108-15)49(7)77(100)87-50(8)71(99)55-28-19-18-20-29-55)91(12)80(103)68(46(2)3)90-79(102)69(47(4)5)92(13)84(106)111-44-54-36-37-64(115-82-76(114-53(11)96)74(113-52(10)95)73(112-51(9)94)75(116-82)81(104)109-16)62(42-54)88-66(97)38-40-86-78(101)61(34-25-26-39-85)89-83(105)110-45-60-58-32-23-21-30-56(58)57-31-22-24-33-59(57)60/h18-24,28-33,36-37,42,46-50,60-61,63,65,68-76,82,99H,17,25-27,34-35,38-41,43-45,85H2,1-16H3,(H,86,101)(H,87,100)(H,88,97)(H,89,105)(H,90,102)/t48-,49+,50+,61-,63-,65+,68-,69-,70-,71+,72+,73-,74-,75-,76+,82+/m0/s1. The van der Waals surface area contributed by atoms with E-state index >= 15 is 4.79 Å². The van der Waals surface area contributed by atoms with Crippen molar-refractivity contribution in [2.75, 3.05) is 67.0 Å². The van der Waals surface area contributed by atoms with Gasteiger partial charge < -0.3 is 94.6 Å². The molecule has 116 heavy (non-hydrogen) atoms. The van der Waals surface area contributed by atoms with Crippen molar-refractivity contribution in [3.05, 3.63) is 119 Å². The Bertz CT molecular complexity index is 3990. The van der Waals surface area contributed by atoms with Gasteiger partial charge >= 0.3 is 36.1 Å². The van der Waals surface area contributed by atoms with Gasteiger partial charge in [-0.3, -0.25) is 48.1 Å². The fraction of sp³-hybridized carbons (Fsp3) is 0.571. The Kier molecular flexibility index (Phi) is 35.4. The Morgan fingerprint density at radius 2 is 1.31 bits per heavy atom. The van der Waals surface area contributed by atoms with Gasteiger partial charge in [-0.2, -0.15) is 0 Å². The fourth-order valence-electron chi connectivity index (χ4n) is 15.3. The molecule has 0 radical (unpaired) electrons. The number of likely N-dealkylation sites (N-methyl/N-ethyl adjacent to an activating group) is 2. The van der Waals surface area contributed by atoms with E-state index in [4.69, 9.17) is 53.1 Å². The highest BCUT2D eigenvalue weighted by atomic mass is 16.7. The van der Waals surface area contributed by atoms with Crippen LogP contribution in [0, 0.1) is 23.7 Å². The Hall–Kier alpha value is -10.3. The molecule has 1 aliphatic carbocycles. The maximum atomic E-state index is 15.1. The minimum Gasteiger partial charge on any atom is -0.467 e. The first-order valence-corrected chi connectivity index (χ1v) is 39.5. The molecule has 0 saturated carbocycles. The highest BCUT2D eigenvalue weighted by Crippen LogP contribution is 2.45. The second-order valence-corrected chi connectivity index (χ2v) is 30.3. The van der Waals surface area contributed by atoms with Gasteiger partial charge in [0.05, 0.1) is 61.6 Å². The smallest absolute Gasteiger partial charge is 0.410 e. The number of alkyl carbamates (subject to hydrolysis) is 1. The van der Waals surface area contributed by atoms with Crippen LogP contribution in [0.2, 0.25) is 0 Å². The van der Waals surface area contributed by atoms with Gasteiger partial charge in [0.1, 0.15) is 37.1 Å². The van der Waals surface area contributed by atoms with E-state index in [-0.39, 0.29) is 66.6 Å². The van der Waals surface area contributed by atoms with Crippen LogP contribution in [0.25, 0.3) is 11.1 Å². The number of amides is 8. The minimum absolute atomic E-state index is 0.0178. The lowest BCUT2D eigenvalue weighted by Gasteiger charge is -2.43. The SMILES string of the molecule is CC[C@H](C)[C@@H]([C@@H](CC(=O)N1CCC[C@H]1[C@H](OC)[C@@H](C)C(=O)N[C@H](C)[C@@H](O)c1ccccc1)OC)N(C)C(=O)[C@@H](NC(=O)[C@H](C(C)C)N(C)C(=O)OCc1ccc(O[C@@H]2O[C@H](C(=O)OC)[C@@H](OC(C)=O)[C@H](OC(C)=O)[C@H]2OC(C)=O)c(NC(=O)CCNC(=O)[C@H](CCCCN)NC(=O)OCC2c3ccccc3-c3ccccc32)c1)C(C)C. The number of aliphatic hydroxyl groups excluding tert-OH is 1. The zero-order valence-electron chi connectivity index (χ0n) is 69.2. The predicted molar refractivity (Wildman–Crippen MR) is 424 cm³/mol. The maximum Gasteiger partial charge on any atom is 0.410 e. The first kappa shape index (κ1) is 92.9. The summed E-state index contributed by atoms with van der Waals surface area (Å²) in [6.07, 6.45) is -11.1. The van der Waals surface area contributed by atoms with Gasteiger partial charge in [0.15, 0.2) is 18.3 Å². The van der Waals surface area contributed by atoms with Crippen molar-refractivity contribution in [2.45, 2.75) is 225 Å². The second-order valence-electron chi connectivity index (χ2n) is 30.3. The molecule has 0 unspecified atom stereocenters. The number of carbonyl (C=O) groups is 12.